The lowest BCUT2D eigenvalue weighted by Crippen LogP contribution is -2.42. The van der Waals surface area contributed by atoms with Crippen molar-refractivity contribution in [3.63, 3.8) is 0 Å². The summed E-state index contributed by atoms with van der Waals surface area (Å²) < 4.78 is 10.1. The molecule has 1 saturated carbocycles. The summed E-state index contributed by atoms with van der Waals surface area (Å²) in [5, 5.41) is 9.44. The lowest BCUT2D eigenvalue weighted by Gasteiger charge is -2.12. The van der Waals surface area contributed by atoms with Gasteiger partial charge in [-0.05, 0) is 31.0 Å². The van der Waals surface area contributed by atoms with Crippen molar-refractivity contribution in [2.75, 3.05) is 40.5 Å². The van der Waals surface area contributed by atoms with Crippen LogP contribution in [0.2, 0.25) is 0 Å². The first-order chi connectivity index (χ1) is 11.7. The fraction of sp³-hybridized carbons (Fsp3) is 0.529. The van der Waals surface area contributed by atoms with E-state index >= 15 is 0 Å². The Morgan fingerprint density at radius 2 is 2.04 bits per heavy atom. The Morgan fingerprint density at radius 1 is 1.25 bits per heavy atom. The Morgan fingerprint density at radius 3 is 2.75 bits per heavy atom. The van der Waals surface area contributed by atoms with E-state index < -0.39 is 0 Å². The topological polar surface area (TPSA) is 84.0 Å². The Kier molecular flexibility index (Phi) is 7.35. The Labute approximate surface area is 142 Å². The highest BCUT2D eigenvalue weighted by Gasteiger charge is 2.22. The number of aliphatic imine (C=N–C) groups is 1. The van der Waals surface area contributed by atoms with Crippen LogP contribution >= 0.6 is 0 Å². The van der Waals surface area contributed by atoms with E-state index in [2.05, 4.69) is 20.9 Å². The largest absolute Gasteiger partial charge is 0.497 e. The summed E-state index contributed by atoms with van der Waals surface area (Å²) in [6.07, 6.45) is 2.36. The lowest BCUT2D eigenvalue weighted by atomic mass is 10.2. The molecule has 1 aliphatic carbocycles. The highest BCUT2D eigenvalue weighted by molar-refractivity contribution is 5.94. The molecule has 1 aromatic carbocycles. The quantitative estimate of drug-likeness (QED) is 0.353. The number of carbonyl (C=O) groups excluding carboxylic acids is 1. The molecule has 0 bridgehead atoms. The normalized spacial score (nSPS) is 14.2. The first-order valence-electron chi connectivity index (χ1n) is 8.19. The third-order valence-electron chi connectivity index (χ3n) is 3.52. The van der Waals surface area contributed by atoms with Gasteiger partial charge < -0.3 is 25.4 Å². The number of methoxy groups -OCH3 is 2. The second-order valence-electron chi connectivity index (χ2n) is 5.56. The van der Waals surface area contributed by atoms with E-state index in [9.17, 15) is 4.79 Å². The van der Waals surface area contributed by atoms with Crippen LogP contribution in [0.5, 0.6) is 5.75 Å². The minimum atomic E-state index is -0.122. The minimum Gasteiger partial charge on any atom is -0.497 e. The number of hydrogen-bond acceptors (Lipinski definition) is 4. The van der Waals surface area contributed by atoms with Crippen molar-refractivity contribution in [1.29, 1.82) is 0 Å². The van der Waals surface area contributed by atoms with E-state index in [1.807, 2.05) is 6.07 Å². The molecule has 1 aliphatic rings. The molecule has 1 amide bonds. The van der Waals surface area contributed by atoms with Crippen molar-refractivity contribution < 1.29 is 14.3 Å². The molecule has 0 spiro atoms. The summed E-state index contributed by atoms with van der Waals surface area (Å²) in [7, 11) is 3.24. The van der Waals surface area contributed by atoms with Crippen LogP contribution < -0.4 is 20.7 Å². The van der Waals surface area contributed by atoms with Crippen LogP contribution in [-0.2, 0) is 4.74 Å². The van der Waals surface area contributed by atoms with Crippen molar-refractivity contribution in [2.45, 2.75) is 18.9 Å². The van der Waals surface area contributed by atoms with E-state index in [0.29, 0.717) is 43.6 Å². The maximum Gasteiger partial charge on any atom is 0.251 e. The van der Waals surface area contributed by atoms with Gasteiger partial charge in [-0.15, -0.1) is 0 Å². The number of amides is 1. The Balaban J connectivity index is 1.72. The summed E-state index contributed by atoms with van der Waals surface area (Å²) >= 11 is 0. The molecule has 0 aromatic heterocycles. The van der Waals surface area contributed by atoms with Gasteiger partial charge in [-0.3, -0.25) is 9.79 Å². The summed E-state index contributed by atoms with van der Waals surface area (Å²) in [4.78, 5) is 16.5. The van der Waals surface area contributed by atoms with Crippen LogP contribution in [0.15, 0.2) is 29.3 Å². The number of nitrogens with zero attached hydrogens (tertiary/aromatic N) is 1. The summed E-state index contributed by atoms with van der Waals surface area (Å²) in [6, 6.07) is 7.61. The van der Waals surface area contributed by atoms with E-state index in [1.165, 1.54) is 12.8 Å². The highest BCUT2D eigenvalue weighted by atomic mass is 16.5. The molecule has 0 radical (unpaired) electrons. The standard InChI is InChI=1S/C17H26N4O3/c1-23-11-10-20-17(21-14-6-7-14)19-9-8-18-16(22)13-4-3-5-15(12-13)24-2/h3-5,12,14H,6-11H2,1-2H3,(H,18,22)(H2,19,20,21). The van der Waals surface area contributed by atoms with Gasteiger partial charge in [0, 0.05) is 31.8 Å². The first-order valence-corrected chi connectivity index (χ1v) is 8.19. The summed E-state index contributed by atoms with van der Waals surface area (Å²) in [5.74, 6) is 1.32. The number of carbonyl (C=O) groups is 1. The summed E-state index contributed by atoms with van der Waals surface area (Å²) in [5.41, 5.74) is 0.583. The molecule has 0 aliphatic heterocycles. The van der Waals surface area contributed by atoms with Crippen LogP contribution in [-0.4, -0.2) is 58.4 Å². The Hall–Kier alpha value is -2.28. The van der Waals surface area contributed by atoms with E-state index in [4.69, 9.17) is 9.47 Å². The molecule has 132 valence electrons. The fourth-order valence-corrected chi connectivity index (χ4v) is 2.05. The van der Waals surface area contributed by atoms with Gasteiger partial charge in [0.15, 0.2) is 5.96 Å². The molecule has 1 aromatic rings. The van der Waals surface area contributed by atoms with E-state index in [0.717, 1.165) is 5.96 Å². The van der Waals surface area contributed by atoms with Crippen molar-refractivity contribution in [3.05, 3.63) is 29.8 Å². The molecule has 1 fully saturated rings. The van der Waals surface area contributed by atoms with Gasteiger partial charge in [0.05, 0.1) is 20.3 Å². The molecule has 24 heavy (non-hydrogen) atoms. The molecule has 3 N–H and O–H groups in total. The molecule has 0 saturated heterocycles. The number of nitrogens with one attached hydrogen (secondary N) is 3. The second kappa shape index (κ2) is 9.77. The molecular formula is C17H26N4O3. The zero-order valence-corrected chi connectivity index (χ0v) is 14.3. The molecule has 0 atom stereocenters. The van der Waals surface area contributed by atoms with Gasteiger partial charge in [-0.25, -0.2) is 0 Å². The number of guanidine groups is 1. The fourth-order valence-electron chi connectivity index (χ4n) is 2.05. The van der Waals surface area contributed by atoms with Crippen LogP contribution in [0.4, 0.5) is 0 Å². The maximum atomic E-state index is 12.1. The molecule has 0 heterocycles. The zero-order valence-electron chi connectivity index (χ0n) is 14.3. The van der Waals surface area contributed by atoms with Crippen LogP contribution in [0.3, 0.4) is 0 Å². The second-order valence-corrected chi connectivity index (χ2v) is 5.56. The third kappa shape index (κ3) is 6.45. The first kappa shape index (κ1) is 18.1. The number of ether oxygens (including phenoxy) is 2. The maximum absolute atomic E-state index is 12.1. The number of hydrogen-bond donors (Lipinski definition) is 3. The lowest BCUT2D eigenvalue weighted by molar-refractivity contribution is 0.0954. The summed E-state index contributed by atoms with van der Waals surface area (Å²) in [6.45, 7) is 2.30. The van der Waals surface area contributed by atoms with Crippen molar-refractivity contribution in [1.82, 2.24) is 16.0 Å². The van der Waals surface area contributed by atoms with Crippen LogP contribution in [0.1, 0.15) is 23.2 Å². The van der Waals surface area contributed by atoms with Crippen molar-refractivity contribution in [3.8, 4) is 5.75 Å². The van der Waals surface area contributed by atoms with Crippen LogP contribution in [0, 0.1) is 0 Å². The monoisotopic (exact) mass is 334 g/mol. The van der Waals surface area contributed by atoms with E-state index in [1.54, 1.807) is 32.4 Å². The highest BCUT2D eigenvalue weighted by Crippen LogP contribution is 2.18. The van der Waals surface area contributed by atoms with Gasteiger partial charge in [-0.2, -0.15) is 0 Å². The smallest absolute Gasteiger partial charge is 0.251 e. The van der Waals surface area contributed by atoms with Crippen molar-refractivity contribution in [2.24, 2.45) is 4.99 Å². The Bertz CT molecular complexity index is 559. The molecular weight excluding hydrogens is 308 g/mol. The van der Waals surface area contributed by atoms with Gasteiger partial charge >= 0.3 is 0 Å². The predicted octanol–water partition coefficient (Wildman–Crippen LogP) is 0.769. The predicted molar refractivity (Wildman–Crippen MR) is 93.7 cm³/mol. The van der Waals surface area contributed by atoms with Gasteiger partial charge in [0.1, 0.15) is 5.75 Å². The minimum absolute atomic E-state index is 0.122. The van der Waals surface area contributed by atoms with Gasteiger partial charge in [0.25, 0.3) is 5.91 Å². The number of benzene rings is 1. The average molecular weight is 334 g/mol. The average Bonchev–Trinajstić information content (AvgIpc) is 3.42. The van der Waals surface area contributed by atoms with E-state index in [-0.39, 0.29) is 5.91 Å². The van der Waals surface area contributed by atoms with Crippen molar-refractivity contribution >= 4 is 11.9 Å². The SMILES string of the molecule is COCCN=C(NCCNC(=O)c1cccc(OC)c1)NC1CC1. The molecule has 2 rings (SSSR count). The van der Waals surface area contributed by atoms with Gasteiger partial charge in [0.2, 0.25) is 0 Å². The molecule has 7 nitrogen and oxygen atoms in total. The zero-order chi connectivity index (χ0) is 17.2. The van der Waals surface area contributed by atoms with Gasteiger partial charge in [-0.1, -0.05) is 6.07 Å². The number of rotatable bonds is 9. The third-order valence-corrected chi connectivity index (χ3v) is 3.52. The molecule has 0 unspecified atom stereocenters. The van der Waals surface area contributed by atoms with Crippen LogP contribution in [0.25, 0.3) is 0 Å². The molecule has 7 heteroatoms.